The van der Waals surface area contributed by atoms with E-state index in [1.807, 2.05) is 6.26 Å². The number of amides is 1. The van der Waals surface area contributed by atoms with Crippen LogP contribution in [0.4, 0.5) is 24.8 Å². The average molecular weight is 404 g/mol. The van der Waals surface area contributed by atoms with Crippen molar-refractivity contribution in [3.63, 3.8) is 0 Å². The van der Waals surface area contributed by atoms with Gasteiger partial charge in [0.05, 0.1) is 16.2 Å². The Labute approximate surface area is 163 Å². The molecule has 5 nitrogen and oxygen atoms in total. The first-order chi connectivity index (χ1) is 13.3. The smallest absolute Gasteiger partial charge is 0.366 e. The number of alkyl halides is 3. The van der Waals surface area contributed by atoms with E-state index in [9.17, 15) is 18.0 Å². The molecule has 0 bridgehead atoms. The summed E-state index contributed by atoms with van der Waals surface area (Å²) in [5.41, 5.74) is 6.57. The third-order valence-corrected chi connectivity index (χ3v) is 4.62. The third kappa shape index (κ3) is 4.42. The van der Waals surface area contributed by atoms with Crippen molar-refractivity contribution in [2.24, 2.45) is 5.73 Å². The van der Waals surface area contributed by atoms with Gasteiger partial charge < -0.3 is 11.1 Å². The quantitative estimate of drug-likeness (QED) is 0.601. The minimum atomic E-state index is -4.39. The largest absolute Gasteiger partial charge is 0.416 e. The second-order valence-corrected chi connectivity index (χ2v) is 6.60. The van der Waals surface area contributed by atoms with Crippen molar-refractivity contribution in [2.75, 3.05) is 11.6 Å². The van der Waals surface area contributed by atoms with Crippen molar-refractivity contribution in [2.45, 2.75) is 11.1 Å². The highest BCUT2D eigenvalue weighted by molar-refractivity contribution is 7.98. The van der Waals surface area contributed by atoms with Gasteiger partial charge >= 0.3 is 6.18 Å². The van der Waals surface area contributed by atoms with Gasteiger partial charge in [0.15, 0.2) is 0 Å². The van der Waals surface area contributed by atoms with E-state index in [4.69, 9.17) is 5.73 Å². The maximum atomic E-state index is 12.8. The molecule has 0 saturated heterocycles. The van der Waals surface area contributed by atoms with Crippen LogP contribution >= 0.6 is 11.8 Å². The Morgan fingerprint density at radius 2 is 1.71 bits per heavy atom. The zero-order chi connectivity index (χ0) is 20.3. The van der Waals surface area contributed by atoms with E-state index in [0.717, 1.165) is 17.0 Å². The van der Waals surface area contributed by atoms with E-state index < -0.39 is 17.6 Å². The minimum absolute atomic E-state index is 0.277. The Bertz CT molecular complexity index is 990. The lowest BCUT2D eigenvalue weighted by molar-refractivity contribution is -0.137. The summed E-state index contributed by atoms with van der Waals surface area (Å²) in [5.74, 6) is -0.253. The predicted molar refractivity (Wildman–Crippen MR) is 102 cm³/mol. The number of rotatable bonds is 5. The third-order valence-electron chi connectivity index (χ3n) is 3.89. The van der Waals surface area contributed by atoms with Gasteiger partial charge in [-0.1, -0.05) is 12.1 Å². The molecule has 1 heterocycles. The Morgan fingerprint density at radius 3 is 2.25 bits per heavy atom. The molecule has 3 N–H and O–H groups in total. The maximum absolute atomic E-state index is 12.8. The number of primary amides is 1. The van der Waals surface area contributed by atoms with Gasteiger partial charge in [-0.05, 0) is 42.7 Å². The van der Waals surface area contributed by atoms with E-state index in [0.29, 0.717) is 22.5 Å². The van der Waals surface area contributed by atoms with Gasteiger partial charge in [0.25, 0.3) is 0 Å². The highest BCUT2D eigenvalue weighted by Crippen LogP contribution is 2.33. The molecule has 144 valence electrons. The summed E-state index contributed by atoms with van der Waals surface area (Å²) in [4.78, 5) is 20.5. The lowest BCUT2D eigenvalue weighted by Crippen LogP contribution is -2.10. The second-order valence-electron chi connectivity index (χ2n) is 5.75. The van der Waals surface area contributed by atoms with Crippen LogP contribution in [0.25, 0.3) is 11.3 Å². The van der Waals surface area contributed by atoms with Crippen LogP contribution < -0.4 is 11.1 Å². The highest BCUT2D eigenvalue weighted by atomic mass is 32.2. The maximum Gasteiger partial charge on any atom is 0.416 e. The predicted octanol–water partition coefficient (Wildman–Crippen LogP) is 4.73. The molecule has 0 fully saturated rings. The number of benzene rings is 2. The van der Waals surface area contributed by atoms with E-state index in [1.165, 1.54) is 23.9 Å². The zero-order valence-electron chi connectivity index (χ0n) is 14.6. The lowest BCUT2D eigenvalue weighted by Gasteiger charge is -2.12. The molecule has 0 unspecified atom stereocenters. The number of anilines is 2. The molecule has 0 saturated carbocycles. The van der Waals surface area contributed by atoms with E-state index in [1.54, 1.807) is 30.5 Å². The van der Waals surface area contributed by atoms with Crippen LogP contribution in [0.1, 0.15) is 15.9 Å². The van der Waals surface area contributed by atoms with Crippen molar-refractivity contribution in [1.82, 2.24) is 9.97 Å². The van der Waals surface area contributed by atoms with E-state index in [2.05, 4.69) is 15.3 Å². The van der Waals surface area contributed by atoms with Crippen LogP contribution in [0.3, 0.4) is 0 Å². The van der Waals surface area contributed by atoms with Crippen molar-refractivity contribution in [3.05, 3.63) is 65.9 Å². The molecule has 0 radical (unpaired) electrons. The molecule has 0 aliphatic heterocycles. The van der Waals surface area contributed by atoms with Crippen LogP contribution in [0.2, 0.25) is 0 Å². The molecule has 1 aromatic heterocycles. The van der Waals surface area contributed by atoms with Gasteiger partial charge in [-0.25, -0.2) is 9.97 Å². The van der Waals surface area contributed by atoms with Crippen molar-refractivity contribution in [3.8, 4) is 11.3 Å². The number of thioether (sulfide) groups is 1. The molecule has 2 aromatic carbocycles. The summed E-state index contributed by atoms with van der Waals surface area (Å²) < 4.78 is 38.4. The highest BCUT2D eigenvalue weighted by Gasteiger charge is 2.30. The van der Waals surface area contributed by atoms with Crippen LogP contribution in [-0.4, -0.2) is 22.1 Å². The molecule has 3 rings (SSSR count). The topological polar surface area (TPSA) is 80.9 Å². The summed E-state index contributed by atoms with van der Waals surface area (Å²) >= 11 is 1.39. The molecule has 28 heavy (non-hydrogen) atoms. The van der Waals surface area contributed by atoms with Crippen molar-refractivity contribution in [1.29, 1.82) is 0 Å². The number of nitrogens with one attached hydrogen (secondary N) is 1. The van der Waals surface area contributed by atoms with E-state index in [-0.39, 0.29) is 5.95 Å². The Kier molecular flexibility index (Phi) is 5.55. The molecule has 1 amide bonds. The average Bonchev–Trinajstić information content (AvgIpc) is 2.68. The number of aromatic nitrogens is 2. The standard InChI is InChI=1S/C19H15F3N4OS/c1-28-15-10-24-18(25-14-8-4-12(5-9-14)17(23)27)26-16(15)11-2-6-13(7-3-11)19(20,21)22/h2-10H,1H3,(H2,23,27)(H,24,25,26). The Hall–Kier alpha value is -3.07. The SMILES string of the molecule is CSc1cnc(Nc2ccc(C(N)=O)cc2)nc1-c1ccc(C(F)(F)F)cc1. The number of hydrogen-bond donors (Lipinski definition) is 2. The molecule has 9 heteroatoms. The number of halogens is 3. The summed E-state index contributed by atoms with van der Waals surface area (Å²) in [5, 5.41) is 3.00. The summed E-state index contributed by atoms with van der Waals surface area (Å²) in [6, 6.07) is 11.3. The Morgan fingerprint density at radius 1 is 1.07 bits per heavy atom. The molecule has 0 aliphatic rings. The van der Waals surface area contributed by atoms with Gasteiger partial charge in [-0.15, -0.1) is 11.8 Å². The number of nitrogens with two attached hydrogens (primary N) is 1. The van der Waals surface area contributed by atoms with Crippen molar-refractivity contribution < 1.29 is 18.0 Å². The molecular formula is C19H15F3N4OS. The van der Waals surface area contributed by atoms with Gasteiger partial charge in [-0.2, -0.15) is 13.2 Å². The first-order valence-electron chi connectivity index (χ1n) is 8.03. The van der Waals surface area contributed by atoms with Crippen LogP contribution in [0.15, 0.2) is 59.6 Å². The minimum Gasteiger partial charge on any atom is -0.366 e. The van der Waals surface area contributed by atoms with Gasteiger partial charge in [-0.3, -0.25) is 4.79 Å². The fourth-order valence-corrected chi connectivity index (χ4v) is 2.97. The molecule has 0 spiro atoms. The first-order valence-corrected chi connectivity index (χ1v) is 9.26. The lowest BCUT2D eigenvalue weighted by atomic mass is 10.1. The normalized spacial score (nSPS) is 11.3. The molecule has 0 atom stereocenters. The summed E-state index contributed by atoms with van der Waals surface area (Å²) in [7, 11) is 0. The molecule has 3 aromatic rings. The molecule has 0 aliphatic carbocycles. The number of nitrogens with zero attached hydrogens (tertiary/aromatic N) is 2. The van der Waals surface area contributed by atoms with E-state index >= 15 is 0 Å². The number of carbonyl (C=O) groups is 1. The monoisotopic (exact) mass is 404 g/mol. The van der Waals surface area contributed by atoms with Gasteiger partial charge in [0.2, 0.25) is 11.9 Å². The summed E-state index contributed by atoms with van der Waals surface area (Å²) in [6.45, 7) is 0. The van der Waals surface area contributed by atoms with Crippen LogP contribution in [0, 0.1) is 0 Å². The Balaban J connectivity index is 1.90. The summed E-state index contributed by atoms with van der Waals surface area (Å²) in [6.07, 6.45) is -0.955. The fourth-order valence-electron chi connectivity index (χ4n) is 2.45. The molecular weight excluding hydrogens is 389 g/mol. The van der Waals surface area contributed by atoms with Gasteiger partial charge in [0, 0.05) is 23.0 Å². The number of carbonyl (C=O) groups excluding carboxylic acids is 1. The van der Waals surface area contributed by atoms with Gasteiger partial charge in [0.1, 0.15) is 0 Å². The van der Waals surface area contributed by atoms with Crippen LogP contribution in [0.5, 0.6) is 0 Å². The second kappa shape index (κ2) is 7.89. The fraction of sp³-hybridized carbons (Fsp3) is 0.105. The number of hydrogen-bond acceptors (Lipinski definition) is 5. The van der Waals surface area contributed by atoms with Crippen molar-refractivity contribution >= 4 is 29.3 Å². The first kappa shape index (κ1) is 19.7. The van der Waals surface area contributed by atoms with Crippen LogP contribution in [-0.2, 0) is 6.18 Å². The zero-order valence-corrected chi connectivity index (χ0v) is 15.4.